The summed E-state index contributed by atoms with van der Waals surface area (Å²) in [6.45, 7) is 0. The smallest absolute Gasteiger partial charge is 0.255 e. The zero-order chi connectivity index (χ0) is 23.0. The zero-order valence-electron chi connectivity index (χ0n) is 19.0. The highest BCUT2D eigenvalue weighted by Crippen LogP contribution is 2.26. The summed E-state index contributed by atoms with van der Waals surface area (Å²) < 4.78 is 10.5. The molecule has 0 unspecified atom stereocenters. The highest BCUT2D eigenvalue weighted by atomic mass is 16.5. The van der Waals surface area contributed by atoms with Gasteiger partial charge in [0.15, 0.2) is 0 Å². The Hall–Kier alpha value is -3.86. The standard InChI is InChI=1S/C28H28N2O3/c1-32-24-15-11-20(12-16-24)26-9-4-3-5-10-27(30-26)22-7-6-8-23(19-22)29-28(31)21-13-17-25(33-2)18-14-21/h6-8,10-19H,3-5,9H2,1-2H3,(H,29,31)/b27-10-,30-26?. The summed E-state index contributed by atoms with van der Waals surface area (Å²) in [6, 6.07) is 23.0. The quantitative estimate of drug-likeness (QED) is 0.485. The van der Waals surface area contributed by atoms with Crippen molar-refractivity contribution >= 4 is 23.0 Å². The number of nitrogens with one attached hydrogen (secondary N) is 1. The fourth-order valence-electron chi connectivity index (χ4n) is 3.80. The number of hydrogen-bond donors (Lipinski definition) is 1. The molecule has 1 N–H and O–H groups in total. The summed E-state index contributed by atoms with van der Waals surface area (Å²) >= 11 is 0. The van der Waals surface area contributed by atoms with Crippen LogP contribution in [0.15, 0.2) is 83.9 Å². The van der Waals surface area contributed by atoms with E-state index in [1.54, 1.807) is 38.5 Å². The number of aliphatic imine (C=N–C) groups is 1. The van der Waals surface area contributed by atoms with Gasteiger partial charge in [-0.25, -0.2) is 0 Å². The Morgan fingerprint density at radius 3 is 2.24 bits per heavy atom. The maximum absolute atomic E-state index is 12.7. The monoisotopic (exact) mass is 440 g/mol. The van der Waals surface area contributed by atoms with Crippen molar-refractivity contribution in [3.8, 4) is 11.5 Å². The van der Waals surface area contributed by atoms with E-state index in [2.05, 4.69) is 23.5 Å². The number of ether oxygens (including phenoxy) is 2. The first-order chi connectivity index (χ1) is 16.2. The lowest BCUT2D eigenvalue weighted by Crippen LogP contribution is -2.11. The molecule has 0 radical (unpaired) electrons. The van der Waals surface area contributed by atoms with Crippen LogP contribution in [0.3, 0.4) is 0 Å². The lowest BCUT2D eigenvalue weighted by molar-refractivity contribution is 0.102. The van der Waals surface area contributed by atoms with E-state index >= 15 is 0 Å². The Kier molecular flexibility index (Phi) is 7.20. The van der Waals surface area contributed by atoms with Crippen molar-refractivity contribution < 1.29 is 14.3 Å². The van der Waals surface area contributed by atoms with E-state index in [9.17, 15) is 4.79 Å². The largest absolute Gasteiger partial charge is 0.497 e. The summed E-state index contributed by atoms with van der Waals surface area (Å²) in [6.07, 6.45) is 6.32. The molecular formula is C28H28N2O3. The second-order valence-corrected chi connectivity index (χ2v) is 7.89. The fraction of sp³-hybridized carbons (Fsp3) is 0.214. The topological polar surface area (TPSA) is 59.9 Å². The Balaban J connectivity index is 1.57. The van der Waals surface area contributed by atoms with Crippen LogP contribution in [0.25, 0.3) is 5.70 Å². The van der Waals surface area contributed by atoms with Gasteiger partial charge in [-0.05, 0) is 91.9 Å². The molecule has 0 aliphatic carbocycles. The van der Waals surface area contributed by atoms with Gasteiger partial charge >= 0.3 is 0 Å². The van der Waals surface area contributed by atoms with Crippen molar-refractivity contribution in [3.05, 3.63) is 95.6 Å². The van der Waals surface area contributed by atoms with Crippen LogP contribution in [0, 0.1) is 0 Å². The fourth-order valence-corrected chi connectivity index (χ4v) is 3.80. The zero-order valence-corrected chi connectivity index (χ0v) is 19.0. The second-order valence-electron chi connectivity index (χ2n) is 7.89. The molecule has 0 bridgehead atoms. The molecule has 0 spiro atoms. The Morgan fingerprint density at radius 2 is 1.55 bits per heavy atom. The molecule has 1 aliphatic rings. The van der Waals surface area contributed by atoms with Crippen LogP contribution < -0.4 is 14.8 Å². The third-order valence-corrected chi connectivity index (χ3v) is 5.65. The number of anilines is 1. The highest BCUT2D eigenvalue weighted by molar-refractivity contribution is 6.05. The van der Waals surface area contributed by atoms with Crippen LogP contribution in [0.4, 0.5) is 5.69 Å². The van der Waals surface area contributed by atoms with Gasteiger partial charge in [-0.1, -0.05) is 18.2 Å². The van der Waals surface area contributed by atoms with E-state index in [-0.39, 0.29) is 5.91 Å². The lowest BCUT2D eigenvalue weighted by atomic mass is 10.00. The molecule has 1 amide bonds. The Bertz CT molecular complexity index is 1160. The first-order valence-electron chi connectivity index (χ1n) is 11.1. The van der Waals surface area contributed by atoms with Crippen molar-refractivity contribution in [2.24, 2.45) is 4.99 Å². The first kappa shape index (κ1) is 22.3. The minimum atomic E-state index is -0.163. The van der Waals surface area contributed by atoms with E-state index in [0.717, 1.165) is 65.4 Å². The van der Waals surface area contributed by atoms with Crippen LogP contribution in [0.5, 0.6) is 11.5 Å². The number of carbonyl (C=O) groups excluding carboxylic acids is 1. The molecule has 3 aromatic rings. The van der Waals surface area contributed by atoms with Crippen LogP contribution in [0.2, 0.25) is 0 Å². The van der Waals surface area contributed by atoms with Crippen LogP contribution in [-0.2, 0) is 0 Å². The molecule has 0 fully saturated rings. The summed E-state index contributed by atoms with van der Waals surface area (Å²) in [4.78, 5) is 17.7. The van der Waals surface area contributed by atoms with E-state index in [0.29, 0.717) is 5.56 Å². The van der Waals surface area contributed by atoms with Gasteiger partial charge in [0.1, 0.15) is 11.5 Å². The summed E-state index contributed by atoms with van der Waals surface area (Å²) in [5.74, 6) is 1.39. The molecule has 1 aliphatic heterocycles. The van der Waals surface area contributed by atoms with Gasteiger partial charge in [0.25, 0.3) is 5.91 Å². The number of carbonyl (C=O) groups is 1. The van der Waals surface area contributed by atoms with Crippen LogP contribution in [0.1, 0.15) is 47.2 Å². The summed E-state index contributed by atoms with van der Waals surface area (Å²) in [5, 5.41) is 2.99. The molecule has 0 atom stereocenters. The highest BCUT2D eigenvalue weighted by Gasteiger charge is 2.12. The SMILES string of the molecule is COc1ccc(C(=O)Nc2cccc(/C3=C/CCCCC(c4ccc(OC)cc4)=N3)c2)cc1. The number of benzene rings is 3. The van der Waals surface area contributed by atoms with Gasteiger partial charge in [0.2, 0.25) is 0 Å². The van der Waals surface area contributed by atoms with Crippen molar-refractivity contribution in [1.29, 1.82) is 0 Å². The Labute approximate surface area is 194 Å². The van der Waals surface area contributed by atoms with Gasteiger partial charge in [-0.15, -0.1) is 0 Å². The third-order valence-electron chi connectivity index (χ3n) is 5.65. The van der Waals surface area contributed by atoms with E-state index in [4.69, 9.17) is 14.5 Å². The van der Waals surface area contributed by atoms with Crippen LogP contribution >= 0.6 is 0 Å². The van der Waals surface area contributed by atoms with Gasteiger partial charge in [-0.2, -0.15) is 0 Å². The van der Waals surface area contributed by atoms with E-state index in [1.807, 2.05) is 36.4 Å². The summed E-state index contributed by atoms with van der Waals surface area (Å²) in [5.41, 5.74) is 5.39. The number of methoxy groups -OCH3 is 2. The number of hydrogen-bond acceptors (Lipinski definition) is 4. The molecule has 3 aromatic carbocycles. The number of amides is 1. The van der Waals surface area contributed by atoms with Crippen molar-refractivity contribution in [1.82, 2.24) is 0 Å². The normalized spacial score (nSPS) is 15.3. The molecule has 168 valence electrons. The number of nitrogens with zero attached hydrogens (tertiary/aromatic N) is 1. The second kappa shape index (κ2) is 10.6. The van der Waals surface area contributed by atoms with Gasteiger partial charge in [0.05, 0.1) is 19.9 Å². The maximum atomic E-state index is 12.7. The lowest BCUT2D eigenvalue weighted by Gasteiger charge is -2.14. The molecule has 0 aromatic heterocycles. The average molecular weight is 441 g/mol. The molecule has 0 saturated carbocycles. The maximum Gasteiger partial charge on any atom is 0.255 e. The minimum absolute atomic E-state index is 0.163. The molecule has 5 nitrogen and oxygen atoms in total. The van der Waals surface area contributed by atoms with Gasteiger partial charge < -0.3 is 14.8 Å². The first-order valence-corrected chi connectivity index (χ1v) is 11.1. The molecule has 1 heterocycles. The van der Waals surface area contributed by atoms with Crippen molar-refractivity contribution in [3.63, 3.8) is 0 Å². The predicted molar refractivity (Wildman–Crippen MR) is 133 cm³/mol. The van der Waals surface area contributed by atoms with E-state index < -0.39 is 0 Å². The third kappa shape index (κ3) is 5.69. The predicted octanol–water partition coefficient (Wildman–Crippen LogP) is 6.36. The Morgan fingerprint density at radius 1 is 0.848 bits per heavy atom. The van der Waals surface area contributed by atoms with Crippen molar-refractivity contribution in [2.45, 2.75) is 25.7 Å². The molecule has 33 heavy (non-hydrogen) atoms. The average Bonchev–Trinajstić information content (AvgIpc) is 2.84. The van der Waals surface area contributed by atoms with Gasteiger partial charge in [-0.3, -0.25) is 9.79 Å². The van der Waals surface area contributed by atoms with Crippen molar-refractivity contribution in [2.75, 3.05) is 19.5 Å². The van der Waals surface area contributed by atoms with Gasteiger partial charge in [0, 0.05) is 22.5 Å². The summed E-state index contributed by atoms with van der Waals surface area (Å²) in [7, 11) is 3.27. The van der Waals surface area contributed by atoms with E-state index in [1.165, 1.54) is 0 Å². The molecule has 0 saturated heterocycles. The minimum Gasteiger partial charge on any atom is -0.497 e. The molecular weight excluding hydrogens is 412 g/mol. The number of allylic oxidation sites excluding steroid dienone is 1. The number of rotatable bonds is 6. The van der Waals surface area contributed by atoms with Crippen LogP contribution in [-0.4, -0.2) is 25.8 Å². The molecule has 5 heteroatoms. The molecule has 4 rings (SSSR count).